The van der Waals surface area contributed by atoms with E-state index >= 15 is 0 Å². The summed E-state index contributed by atoms with van der Waals surface area (Å²) in [6.45, 7) is 8.82. The first-order chi connectivity index (χ1) is 11.1. The number of rotatable bonds is 7. The Kier molecular flexibility index (Phi) is 6.84. The van der Waals surface area contributed by atoms with Crippen molar-refractivity contribution in [2.24, 2.45) is 5.92 Å². The molecule has 23 heavy (non-hydrogen) atoms. The van der Waals surface area contributed by atoms with Gasteiger partial charge in [0, 0.05) is 31.6 Å². The maximum Gasteiger partial charge on any atom is 0.225 e. The second-order valence-corrected chi connectivity index (χ2v) is 5.93. The van der Waals surface area contributed by atoms with Gasteiger partial charge in [-0.1, -0.05) is 6.07 Å². The maximum atomic E-state index is 13.1. The number of likely N-dealkylation sites (tertiary alicyclic amines) is 1. The van der Waals surface area contributed by atoms with Gasteiger partial charge >= 0.3 is 0 Å². The summed E-state index contributed by atoms with van der Waals surface area (Å²) in [5.41, 5.74) is 0. The topological polar surface area (TPSA) is 32.8 Å². The van der Waals surface area contributed by atoms with Gasteiger partial charge in [0.2, 0.25) is 5.91 Å². The molecule has 5 heteroatoms. The fraction of sp³-hybridized carbons (Fsp3) is 0.611. The number of hydrogen-bond donors (Lipinski definition) is 0. The van der Waals surface area contributed by atoms with Crippen molar-refractivity contribution in [3.05, 3.63) is 30.1 Å². The number of nitrogens with zero attached hydrogens (tertiary/aromatic N) is 2. The predicted octanol–water partition coefficient (Wildman–Crippen LogP) is 2.78. The molecule has 128 valence electrons. The van der Waals surface area contributed by atoms with Crippen LogP contribution in [0.2, 0.25) is 0 Å². The van der Waals surface area contributed by atoms with Crippen molar-refractivity contribution in [2.75, 3.05) is 39.3 Å². The highest BCUT2D eigenvalue weighted by Gasteiger charge is 2.27. The Balaban J connectivity index is 1.69. The molecule has 0 radical (unpaired) electrons. The standard InChI is InChI=1S/C18H27FN2O2/c1-3-21(4-2)18(22)15-8-10-20(11-9-15)12-13-23-17-7-5-6-16(19)14-17/h5-7,14-15H,3-4,8-13H2,1-2H3. The summed E-state index contributed by atoms with van der Waals surface area (Å²) >= 11 is 0. The fourth-order valence-electron chi connectivity index (χ4n) is 3.05. The normalized spacial score (nSPS) is 16.3. The minimum Gasteiger partial charge on any atom is -0.492 e. The molecule has 0 aliphatic carbocycles. The van der Waals surface area contributed by atoms with Gasteiger partial charge < -0.3 is 9.64 Å². The van der Waals surface area contributed by atoms with Crippen LogP contribution in [0, 0.1) is 11.7 Å². The average molecular weight is 322 g/mol. The number of amides is 1. The first-order valence-electron chi connectivity index (χ1n) is 8.53. The first-order valence-corrected chi connectivity index (χ1v) is 8.53. The Morgan fingerprint density at radius 3 is 2.61 bits per heavy atom. The van der Waals surface area contributed by atoms with E-state index in [-0.39, 0.29) is 11.7 Å². The summed E-state index contributed by atoms with van der Waals surface area (Å²) in [5, 5.41) is 0. The Bertz CT molecular complexity index is 498. The summed E-state index contributed by atoms with van der Waals surface area (Å²) in [5.74, 6) is 0.746. The number of ether oxygens (including phenoxy) is 1. The van der Waals surface area contributed by atoms with Crippen LogP contribution < -0.4 is 4.74 Å². The van der Waals surface area contributed by atoms with E-state index in [0.717, 1.165) is 45.6 Å². The highest BCUT2D eigenvalue weighted by molar-refractivity contribution is 5.78. The van der Waals surface area contributed by atoms with Crippen molar-refractivity contribution in [3.8, 4) is 5.75 Å². The van der Waals surface area contributed by atoms with Gasteiger partial charge in [0.15, 0.2) is 0 Å². The zero-order valence-electron chi connectivity index (χ0n) is 14.1. The quantitative estimate of drug-likeness (QED) is 0.774. The van der Waals surface area contributed by atoms with Gasteiger partial charge in [-0.25, -0.2) is 4.39 Å². The number of piperidine rings is 1. The number of benzene rings is 1. The third-order valence-electron chi connectivity index (χ3n) is 4.48. The molecule has 1 heterocycles. The van der Waals surface area contributed by atoms with E-state index in [1.54, 1.807) is 12.1 Å². The van der Waals surface area contributed by atoms with Crippen LogP contribution in [0.4, 0.5) is 4.39 Å². The molecule has 0 N–H and O–H groups in total. The highest BCUT2D eigenvalue weighted by Crippen LogP contribution is 2.20. The molecule has 0 saturated carbocycles. The molecule has 0 aromatic heterocycles. The van der Waals surface area contributed by atoms with E-state index in [1.807, 2.05) is 18.7 Å². The molecule has 1 amide bonds. The third-order valence-corrected chi connectivity index (χ3v) is 4.48. The van der Waals surface area contributed by atoms with Gasteiger partial charge in [0.25, 0.3) is 0 Å². The molecule has 1 saturated heterocycles. The van der Waals surface area contributed by atoms with E-state index in [1.165, 1.54) is 12.1 Å². The molecule has 1 aliphatic heterocycles. The monoisotopic (exact) mass is 322 g/mol. The van der Waals surface area contributed by atoms with Gasteiger partial charge in [-0.15, -0.1) is 0 Å². The second kappa shape index (κ2) is 8.87. The maximum absolute atomic E-state index is 13.1. The molecule has 4 nitrogen and oxygen atoms in total. The Morgan fingerprint density at radius 1 is 1.30 bits per heavy atom. The van der Waals surface area contributed by atoms with E-state index < -0.39 is 0 Å². The Morgan fingerprint density at radius 2 is 2.00 bits per heavy atom. The van der Waals surface area contributed by atoms with Crippen LogP contribution in [0.1, 0.15) is 26.7 Å². The van der Waals surface area contributed by atoms with Gasteiger partial charge in [-0.3, -0.25) is 9.69 Å². The lowest BCUT2D eigenvalue weighted by Crippen LogP contribution is -2.43. The van der Waals surface area contributed by atoms with Gasteiger partial charge in [0.05, 0.1) is 0 Å². The smallest absolute Gasteiger partial charge is 0.225 e. The minimum absolute atomic E-state index is 0.162. The van der Waals surface area contributed by atoms with Crippen molar-refractivity contribution in [2.45, 2.75) is 26.7 Å². The third kappa shape index (κ3) is 5.20. The number of hydrogen-bond acceptors (Lipinski definition) is 3. The van der Waals surface area contributed by atoms with Gasteiger partial charge in [-0.05, 0) is 51.9 Å². The zero-order chi connectivity index (χ0) is 16.7. The SMILES string of the molecule is CCN(CC)C(=O)C1CCN(CCOc2cccc(F)c2)CC1. The molecular weight excluding hydrogens is 295 g/mol. The lowest BCUT2D eigenvalue weighted by Gasteiger charge is -2.33. The lowest BCUT2D eigenvalue weighted by molar-refractivity contribution is -0.136. The van der Waals surface area contributed by atoms with Gasteiger partial charge in [0.1, 0.15) is 18.2 Å². The molecule has 0 atom stereocenters. The van der Waals surface area contributed by atoms with Crippen LogP contribution in [0.3, 0.4) is 0 Å². The summed E-state index contributed by atoms with van der Waals surface area (Å²) < 4.78 is 18.6. The van der Waals surface area contributed by atoms with E-state index in [2.05, 4.69) is 4.90 Å². The second-order valence-electron chi connectivity index (χ2n) is 5.93. The molecule has 0 unspecified atom stereocenters. The van der Waals surface area contributed by atoms with E-state index in [9.17, 15) is 9.18 Å². The largest absolute Gasteiger partial charge is 0.492 e. The van der Waals surface area contributed by atoms with Crippen molar-refractivity contribution >= 4 is 5.91 Å². The lowest BCUT2D eigenvalue weighted by atomic mass is 9.95. The summed E-state index contributed by atoms with van der Waals surface area (Å²) in [7, 11) is 0. The summed E-state index contributed by atoms with van der Waals surface area (Å²) in [4.78, 5) is 16.6. The van der Waals surface area contributed by atoms with Crippen LogP contribution in [0.5, 0.6) is 5.75 Å². The molecule has 1 aromatic rings. The molecule has 0 spiro atoms. The van der Waals surface area contributed by atoms with Crippen molar-refractivity contribution in [1.82, 2.24) is 9.80 Å². The van der Waals surface area contributed by atoms with Gasteiger partial charge in [-0.2, -0.15) is 0 Å². The summed E-state index contributed by atoms with van der Waals surface area (Å²) in [6.07, 6.45) is 1.82. The van der Waals surface area contributed by atoms with Crippen molar-refractivity contribution in [1.29, 1.82) is 0 Å². The van der Waals surface area contributed by atoms with E-state index in [4.69, 9.17) is 4.74 Å². The van der Waals surface area contributed by atoms with Crippen LogP contribution in [-0.4, -0.2) is 55.0 Å². The molecule has 1 fully saturated rings. The van der Waals surface area contributed by atoms with Crippen LogP contribution in [0.25, 0.3) is 0 Å². The molecule has 0 bridgehead atoms. The van der Waals surface area contributed by atoms with Crippen LogP contribution in [-0.2, 0) is 4.79 Å². The Hall–Kier alpha value is -1.62. The van der Waals surface area contributed by atoms with Crippen LogP contribution in [0.15, 0.2) is 24.3 Å². The number of carbonyl (C=O) groups is 1. The minimum atomic E-state index is -0.279. The Labute approximate surface area is 138 Å². The van der Waals surface area contributed by atoms with E-state index in [0.29, 0.717) is 18.3 Å². The zero-order valence-corrected chi connectivity index (χ0v) is 14.1. The molecule has 2 rings (SSSR count). The summed E-state index contributed by atoms with van der Waals surface area (Å²) in [6, 6.07) is 6.21. The van der Waals surface area contributed by atoms with Crippen molar-refractivity contribution in [3.63, 3.8) is 0 Å². The predicted molar refractivity (Wildman–Crippen MR) is 89.0 cm³/mol. The molecule has 1 aromatic carbocycles. The number of halogens is 1. The van der Waals surface area contributed by atoms with Crippen LogP contribution >= 0.6 is 0 Å². The molecular formula is C18H27FN2O2. The highest BCUT2D eigenvalue weighted by atomic mass is 19.1. The average Bonchev–Trinajstić information content (AvgIpc) is 2.56. The molecule has 1 aliphatic rings. The fourth-order valence-corrected chi connectivity index (χ4v) is 3.05. The van der Waals surface area contributed by atoms with Crippen molar-refractivity contribution < 1.29 is 13.9 Å². The number of carbonyl (C=O) groups excluding carboxylic acids is 1. The first kappa shape index (κ1) is 17.7.